The fourth-order valence-electron chi connectivity index (χ4n) is 8.16. The third-order valence-electron chi connectivity index (χ3n) is 12.2. The lowest BCUT2D eigenvalue weighted by atomic mass is 10.0. The Morgan fingerprint density at radius 3 is 1.29 bits per heavy atom. The van der Waals surface area contributed by atoms with E-state index in [-0.39, 0.29) is 24.9 Å². The zero-order chi connectivity index (χ0) is 45.9. The number of hydrogen-bond acceptors (Lipinski definition) is 5. The molecule has 3 atom stereocenters. The topological polar surface area (TPSA) is 95.9 Å². The van der Waals surface area contributed by atoms with Crippen LogP contribution in [0.25, 0.3) is 0 Å². The zero-order valence-electron chi connectivity index (χ0n) is 41.7. The Kier molecular flexibility index (Phi) is 48.6. The average molecular weight is 882 g/mol. The van der Waals surface area contributed by atoms with Crippen LogP contribution in [0.5, 0.6) is 0 Å². The highest BCUT2D eigenvalue weighted by Crippen LogP contribution is 2.18. The first-order valence-electron chi connectivity index (χ1n) is 27.1. The van der Waals surface area contributed by atoms with Gasteiger partial charge in [-0.15, -0.1) is 0 Å². The second-order valence-electron chi connectivity index (χ2n) is 18.4. The lowest BCUT2D eigenvalue weighted by molar-refractivity contribution is -0.151. The molecule has 3 N–H and O–H groups in total. The van der Waals surface area contributed by atoms with E-state index < -0.39 is 18.2 Å². The Bertz CT molecular complexity index is 1130. The van der Waals surface area contributed by atoms with E-state index >= 15 is 0 Å². The van der Waals surface area contributed by atoms with E-state index in [1.807, 2.05) is 36.5 Å². The third-order valence-corrected chi connectivity index (χ3v) is 12.2. The maximum absolute atomic E-state index is 13.2. The van der Waals surface area contributed by atoms with Gasteiger partial charge in [-0.3, -0.25) is 9.59 Å². The van der Waals surface area contributed by atoms with Crippen LogP contribution >= 0.6 is 0 Å². The Hall–Kier alpha value is -2.44. The lowest BCUT2D eigenvalue weighted by Crippen LogP contribution is -2.46. The number of carbonyl (C=O) groups is 2. The van der Waals surface area contributed by atoms with Gasteiger partial charge < -0.3 is 20.3 Å². The van der Waals surface area contributed by atoms with Crippen LogP contribution in [0.3, 0.4) is 0 Å². The Morgan fingerprint density at radius 1 is 0.476 bits per heavy atom. The van der Waals surface area contributed by atoms with Gasteiger partial charge in [0, 0.05) is 6.42 Å². The number of unbranched alkanes of at least 4 members (excludes halogenated alkanes) is 30. The monoisotopic (exact) mass is 882 g/mol. The van der Waals surface area contributed by atoms with Gasteiger partial charge in [0.1, 0.15) is 6.10 Å². The summed E-state index contributed by atoms with van der Waals surface area (Å²) < 4.78 is 5.93. The van der Waals surface area contributed by atoms with Gasteiger partial charge in [0.25, 0.3) is 0 Å². The Morgan fingerprint density at radius 2 is 0.857 bits per heavy atom. The molecule has 366 valence electrons. The van der Waals surface area contributed by atoms with Gasteiger partial charge in [0.15, 0.2) is 0 Å². The standard InChI is InChI=1S/C57H103NO5/c1-4-7-10-13-16-19-22-25-27-29-31-33-36-39-42-45-48-53(63-57(62)50-47-44-41-38-35-32-28-26-23-20-17-14-11-8-5-2)51-56(61)58-54(52-59)55(60)49-46-43-40-37-34-30-24-21-18-15-12-9-6-3/h8,11,14,17,20,23,26,28,32,35,53-55,59-60H,4-7,9-10,12-13,15-16,18-19,21-22,24-25,27,29-31,33-34,36-52H2,1-3H3,(H,58,61)/b11-8+,17-14+,23-20-,28-26-,35-32+. The van der Waals surface area contributed by atoms with Gasteiger partial charge in [0.2, 0.25) is 5.91 Å². The maximum Gasteiger partial charge on any atom is 0.306 e. The van der Waals surface area contributed by atoms with Crippen molar-refractivity contribution in [1.29, 1.82) is 0 Å². The molecule has 0 aliphatic heterocycles. The Labute approximate surface area is 390 Å². The summed E-state index contributed by atoms with van der Waals surface area (Å²) in [6, 6.07) is -0.710. The van der Waals surface area contributed by atoms with Crippen molar-refractivity contribution in [3.05, 3.63) is 60.8 Å². The van der Waals surface area contributed by atoms with Gasteiger partial charge in [-0.2, -0.15) is 0 Å². The van der Waals surface area contributed by atoms with Crippen molar-refractivity contribution in [2.45, 2.75) is 283 Å². The molecule has 0 aliphatic rings. The summed E-state index contributed by atoms with van der Waals surface area (Å²) in [6.45, 7) is 6.35. The summed E-state index contributed by atoms with van der Waals surface area (Å²) in [5.41, 5.74) is 0. The predicted octanol–water partition coefficient (Wildman–Crippen LogP) is 16.4. The molecular weight excluding hydrogens is 779 g/mol. The van der Waals surface area contributed by atoms with Crippen molar-refractivity contribution < 1.29 is 24.5 Å². The minimum absolute atomic E-state index is 0.0616. The van der Waals surface area contributed by atoms with Crippen LogP contribution in [0.1, 0.15) is 265 Å². The van der Waals surface area contributed by atoms with Gasteiger partial charge in [0.05, 0.1) is 25.2 Å². The number of nitrogens with one attached hydrogen (secondary N) is 1. The molecule has 63 heavy (non-hydrogen) atoms. The number of amides is 1. The van der Waals surface area contributed by atoms with E-state index in [9.17, 15) is 19.8 Å². The van der Waals surface area contributed by atoms with Crippen LogP contribution in [0, 0.1) is 0 Å². The van der Waals surface area contributed by atoms with Crippen molar-refractivity contribution in [1.82, 2.24) is 5.32 Å². The van der Waals surface area contributed by atoms with E-state index in [4.69, 9.17) is 4.74 Å². The summed E-state index contributed by atoms with van der Waals surface area (Å²) in [7, 11) is 0. The fourth-order valence-corrected chi connectivity index (χ4v) is 8.16. The molecule has 0 aromatic heterocycles. The number of aliphatic hydroxyl groups excluding tert-OH is 2. The second-order valence-corrected chi connectivity index (χ2v) is 18.4. The summed E-state index contributed by atoms with van der Waals surface area (Å²) in [5, 5.41) is 23.8. The summed E-state index contributed by atoms with van der Waals surface area (Å²) in [4.78, 5) is 26.2. The molecular formula is C57H103NO5. The molecule has 0 aliphatic carbocycles. The highest BCUT2D eigenvalue weighted by molar-refractivity contribution is 5.77. The van der Waals surface area contributed by atoms with Gasteiger partial charge in [-0.05, 0) is 44.9 Å². The number of ether oxygens (including phenoxy) is 1. The molecule has 0 heterocycles. The van der Waals surface area contributed by atoms with E-state index in [0.717, 1.165) is 70.6 Å². The Balaban J connectivity index is 4.64. The first-order chi connectivity index (χ1) is 31.0. The largest absolute Gasteiger partial charge is 0.462 e. The number of allylic oxidation sites excluding steroid dienone is 10. The molecule has 1 amide bonds. The molecule has 0 spiro atoms. The number of carbonyl (C=O) groups excluding carboxylic acids is 2. The predicted molar refractivity (Wildman–Crippen MR) is 273 cm³/mol. The normalized spacial score (nSPS) is 13.7. The van der Waals surface area contributed by atoms with Crippen molar-refractivity contribution in [3.63, 3.8) is 0 Å². The zero-order valence-corrected chi connectivity index (χ0v) is 41.7. The van der Waals surface area contributed by atoms with E-state index in [1.54, 1.807) is 0 Å². The van der Waals surface area contributed by atoms with Crippen LogP contribution in [0.4, 0.5) is 0 Å². The van der Waals surface area contributed by atoms with Gasteiger partial charge in [-0.25, -0.2) is 0 Å². The molecule has 0 saturated heterocycles. The summed E-state index contributed by atoms with van der Waals surface area (Å²) in [6.07, 6.45) is 62.8. The number of hydrogen-bond donors (Lipinski definition) is 3. The van der Waals surface area contributed by atoms with Crippen LogP contribution in [0.2, 0.25) is 0 Å². The SMILES string of the molecule is CC/C=C/C=C/C=C\C=C/C=C/CCCCCC(=O)OC(CCCCCCCCCCCCCCCCCC)CC(=O)NC(CO)C(O)CCCCCCCCCCCCCCC. The fraction of sp³-hybridized carbons (Fsp3) is 0.789. The third kappa shape index (κ3) is 45.9. The minimum Gasteiger partial charge on any atom is -0.462 e. The van der Waals surface area contributed by atoms with E-state index in [0.29, 0.717) is 19.3 Å². The van der Waals surface area contributed by atoms with Gasteiger partial charge in [-0.1, -0.05) is 268 Å². The molecule has 0 fully saturated rings. The molecule has 3 unspecified atom stereocenters. The van der Waals surface area contributed by atoms with E-state index in [2.05, 4.69) is 50.4 Å². The first-order valence-corrected chi connectivity index (χ1v) is 27.1. The van der Waals surface area contributed by atoms with Crippen molar-refractivity contribution >= 4 is 11.9 Å². The molecule has 0 aromatic rings. The molecule has 0 saturated carbocycles. The molecule has 0 radical (unpaired) electrons. The van der Waals surface area contributed by atoms with Crippen molar-refractivity contribution in [3.8, 4) is 0 Å². The summed E-state index contributed by atoms with van der Waals surface area (Å²) in [5.74, 6) is -0.514. The van der Waals surface area contributed by atoms with Crippen LogP contribution in [0.15, 0.2) is 60.8 Å². The van der Waals surface area contributed by atoms with Crippen LogP contribution in [-0.2, 0) is 14.3 Å². The second kappa shape index (κ2) is 50.6. The lowest BCUT2D eigenvalue weighted by Gasteiger charge is -2.24. The maximum atomic E-state index is 13.2. The smallest absolute Gasteiger partial charge is 0.306 e. The molecule has 0 aromatic carbocycles. The molecule has 6 nitrogen and oxygen atoms in total. The highest BCUT2D eigenvalue weighted by atomic mass is 16.5. The first kappa shape index (κ1) is 60.6. The highest BCUT2D eigenvalue weighted by Gasteiger charge is 2.24. The number of rotatable bonds is 48. The number of esters is 1. The van der Waals surface area contributed by atoms with E-state index in [1.165, 1.54) is 148 Å². The van der Waals surface area contributed by atoms with Crippen LogP contribution < -0.4 is 5.32 Å². The number of aliphatic hydroxyl groups is 2. The molecule has 0 bridgehead atoms. The quantitative estimate of drug-likeness (QED) is 0.0321. The van der Waals surface area contributed by atoms with Crippen molar-refractivity contribution in [2.24, 2.45) is 0 Å². The average Bonchev–Trinajstić information content (AvgIpc) is 3.28. The van der Waals surface area contributed by atoms with Gasteiger partial charge >= 0.3 is 5.97 Å². The van der Waals surface area contributed by atoms with Crippen LogP contribution in [-0.4, -0.2) is 46.9 Å². The molecule has 0 rings (SSSR count). The summed E-state index contributed by atoms with van der Waals surface area (Å²) >= 11 is 0. The molecule has 6 heteroatoms. The van der Waals surface area contributed by atoms with Crippen molar-refractivity contribution in [2.75, 3.05) is 6.61 Å². The minimum atomic E-state index is -0.795.